The molecule has 148 valence electrons. The van der Waals surface area contributed by atoms with Crippen molar-refractivity contribution in [3.63, 3.8) is 0 Å². The van der Waals surface area contributed by atoms with Gasteiger partial charge in [-0.15, -0.1) is 0 Å². The number of carboxylic acid groups (broad SMARTS) is 1. The molecule has 8 heteroatoms. The lowest BCUT2D eigenvalue weighted by Gasteiger charge is -2.19. The molecule has 28 heavy (non-hydrogen) atoms. The van der Waals surface area contributed by atoms with E-state index in [1.54, 1.807) is 0 Å². The quantitative estimate of drug-likeness (QED) is 0.784. The van der Waals surface area contributed by atoms with Crippen LogP contribution in [0.4, 0.5) is 4.39 Å². The molecule has 0 spiro atoms. The van der Waals surface area contributed by atoms with Crippen LogP contribution in [0.1, 0.15) is 49.2 Å². The predicted octanol–water partition coefficient (Wildman–Crippen LogP) is 3.43. The van der Waals surface area contributed by atoms with E-state index in [0.29, 0.717) is 12.1 Å². The average molecular weight is 388 g/mol. The Morgan fingerprint density at radius 3 is 2.46 bits per heavy atom. The highest BCUT2D eigenvalue weighted by Crippen LogP contribution is 2.47. The molecule has 0 saturated heterocycles. The number of carbonyl (C=O) groups is 2. The van der Waals surface area contributed by atoms with Crippen LogP contribution in [0.5, 0.6) is 5.75 Å². The van der Waals surface area contributed by atoms with Gasteiger partial charge in [-0.2, -0.15) is 0 Å². The molecule has 0 amide bonds. The highest BCUT2D eigenvalue weighted by atomic mass is 19.1. The molecular weight excluding hydrogens is 367 g/mol. The zero-order valence-electron chi connectivity index (χ0n) is 16.0. The first-order valence-corrected chi connectivity index (χ1v) is 8.76. The fourth-order valence-electron chi connectivity index (χ4n) is 2.92. The van der Waals surface area contributed by atoms with Crippen molar-refractivity contribution in [2.75, 3.05) is 7.11 Å². The van der Waals surface area contributed by atoms with E-state index in [1.165, 1.54) is 25.6 Å². The number of hydrogen-bond acceptors (Lipinski definition) is 6. The topological polar surface area (TPSA) is 98.6 Å². The number of nitrogens with zero attached hydrogens (tertiary/aromatic N) is 2. The average Bonchev–Trinajstić information content (AvgIpc) is 3.41. The number of carboxylic acids is 1. The number of benzene rings is 1. The molecule has 2 atom stereocenters. The first-order valence-electron chi connectivity index (χ1n) is 8.76. The van der Waals surface area contributed by atoms with Gasteiger partial charge in [-0.1, -0.05) is 0 Å². The van der Waals surface area contributed by atoms with Crippen molar-refractivity contribution in [1.82, 2.24) is 9.97 Å². The number of rotatable bonds is 5. The highest BCUT2D eigenvalue weighted by Gasteiger charge is 2.47. The van der Waals surface area contributed by atoms with Crippen molar-refractivity contribution in [3.05, 3.63) is 41.6 Å². The normalized spacial score (nSPS) is 18.5. The Kier molecular flexibility index (Phi) is 5.06. The van der Waals surface area contributed by atoms with Crippen LogP contribution in [0, 0.1) is 11.7 Å². The highest BCUT2D eigenvalue weighted by molar-refractivity contribution is 5.92. The van der Waals surface area contributed by atoms with Crippen LogP contribution < -0.4 is 4.74 Å². The van der Waals surface area contributed by atoms with Gasteiger partial charge < -0.3 is 14.6 Å². The van der Waals surface area contributed by atoms with Crippen molar-refractivity contribution in [2.45, 2.75) is 38.7 Å². The second-order valence-corrected chi connectivity index (χ2v) is 7.65. The molecule has 1 aliphatic carbocycles. The van der Waals surface area contributed by atoms with Gasteiger partial charge in [0, 0.05) is 23.7 Å². The molecule has 0 bridgehead atoms. The molecule has 1 aliphatic rings. The number of halogens is 1. The summed E-state index contributed by atoms with van der Waals surface area (Å²) < 4.78 is 24.6. The van der Waals surface area contributed by atoms with E-state index in [-0.39, 0.29) is 40.4 Å². The van der Waals surface area contributed by atoms with Gasteiger partial charge in [-0.05, 0) is 33.3 Å². The van der Waals surface area contributed by atoms with Crippen LogP contribution in [-0.4, -0.2) is 39.7 Å². The Bertz CT molecular complexity index is 921. The molecule has 1 aromatic heterocycles. The van der Waals surface area contributed by atoms with Crippen LogP contribution >= 0.6 is 0 Å². The molecule has 1 aromatic carbocycles. The minimum absolute atomic E-state index is 0.0109. The van der Waals surface area contributed by atoms with Crippen LogP contribution in [0.25, 0.3) is 11.3 Å². The third-order valence-electron chi connectivity index (χ3n) is 4.35. The fourth-order valence-corrected chi connectivity index (χ4v) is 2.92. The summed E-state index contributed by atoms with van der Waals surface area (Å²) in [5.74, 6) is -2.57. The van der Waals surface area contributed by atoms with Gasteiger partial charge in [0.05, 0.1) is 30.6 Å². The van der Waals surface area contributed by atoms with Crippen LogP contribution in [0.2, 0.25) is 0 Å². The lowest BCUT2D eigenvalue weighted by atomic mass is 10.1. The summed E-state index contributed by atoms with van der Waals surface area (Å²) in [5.41, 5.74) is 0.106. The van der Waals surface area contributed by atoms with Gasteiger partial charge in [0.1, 0.15) is 22.7 Å². The smallest absolute Gasteiger partial charge is 0.339 e. The first-order chi connectivity index (χ1) is 13.1. The number of carbonyl (C=O) groups excluding carboxylic acids is 1. The maximum absolute atomic E-state index is 14.4. The van der Waals surface area contributed by atoms with E-state index in [9.17, 15) is 19.1 Å². The second-order valence-electron chi connectivity index (χ2n) is 7.65. The van der Waals surface area contributed by atoms with Crippen molar-refractivity contribution in [1.29, 1.82) is 0 Å². The van der Waals surface area contributed by atoms with Crippen molar-refractivity contribution < 1.29 is 28.6 Å². The molecule has 2 aromatic rings. The van der Waals surface area contributed by atoms with E-state index in [4.69, 9.17) is 9.47 Å². The van der Waals surface area contributed by atoms with Crippen LogP contribution in [-0.2, 0) is 9.53 Å². The molecule has 3 rings (SSSR count). The summed E-state index contributed by atoms with van der Waals surface area (Å²) in [6.45, 7) is 5.43. The van der Waals surface area contributed by atoms with E-state index in [1.807, 2.05) is 20.8 Å². The summed E-state index contributed by atoms with van der Waals surface area (Å²) >= 11 is 0. The lowest BCUT2D eigenvalue weighted by molar-refractivity contribution is -0.156. The van der Waals surface area contributed by atoms with Gasteiger partial charge in [0.25, 0.3) is 0 Å². The van der Waals surface area contributed by atoms with E-state index < -0.39 is 17.4 Å². The van der Waals surface area contributed by atoms with Crippen molar-refractivity contribution >= 4 is 11.9 Å². The van der Waals surface area contributed by atoms with Crippen molar-refractivity contribution in [2.24, 2.45) is 5.92 Å². The molecule has 0 radical (unpaired) electrons. The number of aromatic carboxylic acids is 1. The number of methoxy groups -OCH3 is 1. The summed E-state index contributed by atoms with van der Waals surface area (Å²) in [6, 6.07) is 2.18. The van der Waals surface area contributed by atoms with Gasteiger partial charge in [-0.3, -0.25) is 14.8 Å². The van der Waals surface area contributed by atoms with Gasteiger partial charge in [0.2, 0.25) is 0 Å². The van der Waals surface area contributed by atoms with Gasteiger partial charge >= 0.3 is 11.9 Å². The van der Waals surface area contributed by atoms with E-state index in [0.717, 1.165) is 6.07 Å². The summed E-state index contributed by atoms with van der Waals surface area (Å²) in [5, 5.41) is 9.26. The number of ether oxygens (including phenoxy) is 2. The first kappa shape index (κ1) is 19.7. The Labute approximate surface area is 161 Å². The molecule has 1 fully saturated rings. The molecule has 0 aliphatic heterocycles. The van der Waals surface area contributed by atoms with Crippen LogP contribution in [0.15, 0.2) is 24.5 Å². The Morgan fingerprint density at radius 1 is 1.21 bits per heavy atom. The van der Waals surface area contributed by atoms with Gasteiger partial charge in [-0.25, -0.2) is 9.18 Å². The molecule has 1 N–H and O–H groups in total. The monoisotopic (exact) mass is 388 g/mol. The molecule has 1 saturated carbocycles. The van der Waals surface area contributed by atoms with E-state index >= 15 is 0 Å². The van der Waals surface area contributed by atoms with E-state index in [2.05, 4.69) is 9.97 Å². The third-order valence-corrected chi connectivity index (χ3v) is 4.35. The minimum atomic E-state index is -1.24. The number of esters is 1. The Hall–Kier alpha value is -3.03. The Balaban J connectivity index is 1.80. The minimum Gasteiger partial charge on any atom is -0.496 e. The SMILES string of the molecule is COc1cc(F)c(-c2cnc([C@H]3C[C@@H]3C(=O)OC(C)(C)C)cn2)cc1C(=O)O. The zero-order valence-corrected chi connectivity index (χ0v) is 16.0. The molecule has 1 heterocycles. The summed E-state index contributed by atoms with van der Waals surface area (Å²) in [4.78, 5) is 32.0. The molecule has 7 nitrogen and oxygen atoms in total. The predicted molar refractivity (Wildman–Crippen MR) is 97.6 cm³/mol. The summed E-state index contributed by atoms with van der Waals surface area (Å²) in [6.07, 6.45) is 3.48. The number of hydrogen-bond donors (Lipinski definition) is 1. The molecular formula is C20H21FN2O5. The second kappa shape index (κ2) is 7.18. The number of aromatic nitrogens is 2. The largest absolute Gasteiger partial charge is 0.496 e. The van der Waals surface area contributed by atoms with Gasteiger partial charge in [0.15, 0.2) is 0 Å². The summed E-state index contributed by atoms with van der Waals surface area (Å²) in [7, 11) is 1.27. The zero-order chi connectivity index (χ0) is 20.6. The maximum Gasteiger partial charge on any atom is 0.339 e. The molecule has 0 unspecified atom stereocenters. The maximum atomic E-state index is 14.4. The standard InChI is InChI=1S/C20H21FN2O5/c1-20(2,3)28-19(26)11-5-10(11)15-8-23-16(9-22-15)12-6-13(18(24)25)17(27-4)7-14(12)21/h6-11H,5H2,1-4H3,(H,24,25)/t10-,11-/m0/s1. The van der Waals surface area contributed by atoms with Crippen molar-refractivity contribution in [3.8, 4) is 17.0 Å². The third kappa shape index (κ3) is 4.11. The Morgan fingerprint density at radius 2 is 1.93 bits per heavy atom. The lowest BCUT2D eigenvalue weighted by Crippen LogP contribution is -2.25. The fraction of sp³-hybridized carbons (Fsp3) is 0.400. The van der Waals surface area contributed by atoms with Crippen LogP contribution in [0.3, 0.4) is 0 Å².